The summed E-state index contributed by atoms with van der Waals surface area (Å²) in [7, 11) is 0. The number of hydrogen-bond donors (Lipinski definition) is 2. The van der Waals surface area contributed by atoms with E-state index in [0.717, 1.165) is 43.5 Å². The fourth-order valence-corrected chi connectivity index (χ4v) is 3.35. The summed E-state index contributed by atoms with van der Waals surface area (Å²) in [4.78, 5) is 24.6. The van der Waals surface area contributed by atoms with Crippen LogP contribution in [0.5, 0.6) is 0 Å². The number of likely N-dealkylation sites (tertiary alicyclic amines) is 1. The molecule has 1 amide bonds. The molecule has 1 aliphatic heterocycles. The van der Waals surface area contributed by atoms with E-state index in [-0.39, 0.29) is 18.4 Å². The molecule has 0 aromatic heterocycles. The average molecular weight is 517 g/mol. The number of amides is 1. The Hall–Kier alpha value is -2.70. The van der Waals surface area contributed by atoms with Crippen LogP contribution in [0.3, 0.4) is 0 Å². The maximum absolute atomic E-state index is 11.7. The number of rotatable bonds is 9. The minimum absolute atomic E-state index is 0.228. The van der Waals surface area contributed by atoms with Gasteiger partial charge in [-0.3, -0.25) is 9.59 Å². The molecule has 210 valence electrons. The quantitative estimate of drug-likeness (QED) is 0.298. The van der Waals surface area contributed by atoms with Gasteiger partial charge in [0.2, 0.25) is 5.91 Å². The molecule has 2 aromatic rings. The second-order valence-corrected chi connectivity index (χ2v) is 7.40. The molecule has 6 heteroatoms. The summed E-state index contributed by atoms with van der Waals surface area (Å²) in [5.41, 5.74) is 1.86. The number of hydrogen-bond acceptors (Lipinski definition) is 5. The number of nitrogens with zero attached hydrogens (tertiary/aromatic N) is 1. The van der Waals surface area contributed by atoms with Crippen molar-refractivity contribution >= 4 is 11.9 Å². The summed E-state index contributed by atoms with van der Waals surface area (Å²) < 4.78 is 4.77. The van der Waals surface area contributed by atoms with Crippen LogP contribution in [0.2, 0.25) is 0 Å². The Balaban J connectivity index is 0. The Morgan fingerprint density at radius 3 is 1.76 bits per heavy atom. The zero-order chi connectivity index (χ0) is 28.3. The molecule has 0 radical (unpaired) electrons. The minimum atomic E-state index is -0.516. The molecule has 0 saturated carbocycles. The van der Waals surface area contributed by atoms with Crippen molar-refractivity contribution in [1.82, 2.24) is 10.2 Å². The summed E-state index contributed by atoms with van der Waals surface area (Å²) in [5.74, 6) is -0.00111. The van der Waals surface area contributed by atoms with Crippen LogP contribution < -0.4 is 5.32 Å². The third-order valence-corrected chi connectivity index (χ3v) is 5.01. The van der Waals surface area contributed by atoms with Gasteiger partial charge in [0.15, 0.2) is 0 Å². The van der Waals surface area contributed by atoms with E-state index in [0.29, 0.717) is 19.6 Å². The molecule has 37 heavy (non-hydrogen) atoms. The van der Waals surface area contributed by atoms with Gasteiger partial charge in [-0.15, -0.1) is 0 Å². The summed E-state index contributed by atoms with van der Waals surface area (Å²) in [6.45, 7) is 16.9. The van der Waals surface area contributed by atoms with Gasteiger partial charge in [-0.2, -0.15) is 0 Å². The van der Waals surface area contributed by atoms with Crippen LogP contribution in [0.15, 0.2) is 60.7 Å². The van der Waals surface area contributed by atoms with Gasteiger partial charge >= 0.3 is 5.97 Å². The monoisotopic (exact) mass is 516 g/mol. The molecule has 0 bridgehead atoms. The lowest BCUT2D eigenvalue weighted by Gasteiger charge is -2.14. The van der Waals surface area contributed by atoms with Gasteiger partial charge in [-0.05, 0) is 43.9 Å². The lowest BCUT2D eigenvalue weighted by atomic mass is 10.0. The second-order valence-electron chi connectivity index (χ2n) is 7.40. The SMILES string of the molecule is CC.CC.CC.CCOC(=O)CNCCCC(=O)N1CCCC1.OC(c1ccccc1)c1ccccc1. The van der Waals surface area contributed by atoms with E-state index in [4.69, 9.17) is 4.74 Å². The van der Waals surface area contributed by atoms with Gasteiger partial charge in [0.1, 0.15) is 6.10 Å². The molecule has 0 atom stereocenters. The van der Waals surface area contributed by atoms with Gasteiger partial charge in [0, 0.05) is 19.5 Å². The van der Waals surface area contributed by atoms with Crippen molar-refractivity contribution in [2.45, 2.75) is 80.3 Å². The van der Waals surface area contributed by atoms with Crippen LogP contribution in [-0.2, 0) is 14.3 Å². The highest BCUT2D eigenvalue weighted by Gasteiger charge is 2.16. The summed E-state index contributed by atoms with van der Waals surface area (Å²) in [6, 6.07) is 19.3. The van der Waals surface area contributed by atoms with Gasteiger partial charge in [0.05, 0.1) is 13.2 Å². The van der Waals surface area contributed by atoms with E-state index < -0.39 is 6.10 Å². The largest absolute Gasteiger partial charge is 0.465 e. The fraction of sp³-hybridized carbons (Fsp3) is 0.548. The van der Waals surface area contributed by atoms with Crippen molar-refractivity contribution in [3.05, 3.63) is 71.8 Å². The average Bonchev–Trinajstić information content (AvgIpc) is 3.53. The summed E-state index contributed by atoms with van der Waals surface area (Å²) in [5, 5.41) is 13.0. The molecule has 2 aromatic carbocycles. The Kier molecular flexibility index (Phi) is 26.0. The fourth-order valence-electron chi connectivity index (χ4n) is 3.35. The predicted molar refractivity (Wildman–Crippen MR) is 156 cm³/mol. The predicted octanol–water partition coefficient (Wildman–Crippen LogP) is 6.39. The first-order valence-corrected chi connectivity index (χ1v) is 14.0. The Morgan fingerprint density at radius 2 is 1.32 bits per heavy atom. The zero-order valence-electron chi connectivity index (χ0n) is 24.3. The Morgan fingerprint density at radius 1 is 0.865 bits per heavy atom. The highest BCUT2D eigenvalue weighted by Crippen LogP contribution is 2.20. The number of nitrogens with one attached hydrogen (secondary N) is 1. The lowest BCUT2D eigenvalue weighted by molar-refractivity contribution is -0.142. The van der Waals surface area contributed by atoms with Crippen LogP contribution >= 0.6 is 0 Å². The Labute approximate surface area is 226 Å². The van der Waals surface area contributed by atoms with E-state index in [1.54, 1.807) is 6.92 Å². The number of benzene rings is 2. The summed E-state index contributed by atoms with van der Waals surface area (Å²) >= 11 is 0. The molecule has 0 spiro atoms. The van der Waals surface area contributed by atoms with Gasteiger partial charge in [-0.25, -0.2) is 0 Å². The van der Waals surface area contributed by atoms with Crippen molar-refractivity contribution in [2.24, 2.45) is 0 Å². The van der Waals surface area contributed by atoms with E-state index in [1.807, 2.05) is 107 Å². The van der Waals surface area contributed by atoms with Crippen LogP contribution in [0.4, 0.5) is 0 Å². The van der Waals surface area contributed by atoms with E-state index in [9.17, 15) is 14.7 Å². The molecule has 1 aliphatic rings. The van der Waals surface area contributed by atoms with Crippen molar-refractivity contribution in [1.29, 1.82) is 0 Å². The first kappa shape index (κ1) is 36.5. The molecule has 1 saturated heterocycles. The normalized spacial score (nSPS) is 11.3. The third kappa shape index (κ3) is 17.4. The maximum atomic E-state index is 11.7. The first-order chi connectivity index (χ1) is 18.1. The molecular formula is C31H52N2O4. The number of aliphatic hydroxyl groups is 1. The van der Waals surface area contributed by atoms with Crippen molar-refractivity contribution < 1.29 is 19.4 Å². The molecule has 0 unspecified atom stereocenters. The lowest BCUT2D eigenvalue weighted by Crippen LogP contribution is -2.29. The van der Waals surface area contributed by atoms with Crippen LogP contribution in [0, 0.1) is 0 Å². The van der Waals surface area contributed by atoms with Gasteiger partial charge < -0.3 is 20.1 Å². The molecule has 0 aliphatic carbocycles. The molecule has 6 nitrogen and oxygen atoms in total. The molecule has 3 rings (SSSR count). The maximum Gasteiger partial charge on any atom is 0.319 e. The van der Waals surface area contributed by atoms with Crippen molar-refractivity contribution in [3.63, 3.8) is 0 Å². The molecule has 1 heterocycles. The first-order valence-electron chi connectivity index (χ1n) is 14.0. The van der Waals surface area contributed by atoms with E-state index in [1.165, 1.54) is 0 Å². The van der Waals surface area contributed by atoms with Crippen molar-refractivity contribution in [3.8, 4) is 0 Å². The second kappa shape index (κ2) is 26.4. The Bertz CT molecular complexity index is 724. The smallest absolute Gasteiger partial charge is 0.319 e. The van der Waals surface area contributed by atoms with Gasteiger partial charge in [0.25, 0.3) is 0 Å². The van der Waals surface area contributed by atoms with Crippen LogP contribution in [0.25, 0.3) is 0 Å². The van der Waals surface area contributed by atoms with Crippen molar-refractivity contribution in [2.75, 3.05) is 32.8 Å². The minimum Gasteiger partial charge on any atom is -0.465 e. The topological polar surface area (TPSA) is 78.9 Å². The van der Waals surface area contributed by atoms with Crippen LogP contribution in [-0.4, -0.2) is 54.7 Å². The molecular weight excluding hydrogens is 464 g/mol. The number of aliphatic hydroxyl groups excluding tert-OH is 1. The van der Waals surface area contributed by atoms with Crippen LogP contribution in [0.1, 0.15) is 91.4 Å². The molecule has 1 fully saturated rings. The number of carbonyl (C=O) groups excluding carboxylic acids is 2. The van der Waals surface area contributed by atoms with Gasteiger partial charge in [-0.1, -0.05) is 102 Å². The van der Waals surface area contributed by atoms with E-state index >= 15 is 0 Å². The zero-order valence-corrected chi connectivity index (χ0v) is 24.3. The molecule has 2 N–H and O–H groups in total. The van der Waals surface area contributed by atoms with E-state index in [2.05, 4.69) is 5.32 Å². The highest BCUT2D eigenvalue weighted by atomic mass is 16.5. The summed E-state index contributed by atoms with van der Waals surface area (Å²) in [6.07, 6.45) is 3.09. The number of carbonyl (C=O) groups is 2. The number of ether oxygens (including phenoxy) is 1. The standard InChI is InChI=1S/C13H12O.C12H22N2O3.3C2H6/c14-13(11-7-3-1-4-8-11)12-9-5-2-6-10-12;1-2-17-12(16)10-13-7-5-6-11(15)14-8-3-4-9-14;3*1-2/h1-10,13-14H;13H,2-10H2,1H3;3*1-2H3. The number of esters is 1. The highest BCUT2D eigenvalue weighted by molar-refractivity contribution is 5.76. The third-order valence-electron chi connectivity index (χ3n) is 5.01.